The highest BCUT2D eigenvalue weighted by molar-refractivity contribution is 7.93. The summed E-state index contributed by atoms with van der Waals surface area (Å²) in [4.78, 5) is 4.11. The summed E-state index contributed by atoms with van der Waals surface area (Å²) >= 11 is 13.0. The molecule has 1 fully saturated rings. The van der Waals surface area contributed by atoms with E-state index in [-0.39, 0.29) is 11.7 Å². The Kier molecular flexibility index (Phi) is 4.67. The van der Waals surface area contributed by atoms with Gasteiger partial charge in [-0.2, -0.15) is 5.43 Å². The third kappa shape index (κ3) is 3.29. The fourth-order valence-corrected chi connectivity index (χ4v) is 5.60. The normalized spacial score (nSPS) is 23.5. The minimum absolute atomic E-state index is 0.159. The lowest BCUT2D eigenvalue weighted by atomic mass is 10.0. The predicted octanol–water partition coefficient (Wildman–Crippen LogP) is 1.69. The van der Waals surface area contributed by atoms with Crippen molar-refractivity contribution in [1.82, 2.24) is 10.9 Å². The van der Waals surface area contributed by atoms with Crippen molar-refractivity contribution in [2.45, 2.75) is 12.2 Å². The molecule has 2 aliphatic heterocycles. The average molecular weight is 441 g/mol. The monoisotopic (exact) mass is 440 g/mol. The van der Waals surface area contributed by atoms with Crippen molar-refractivity contribution >= 4 is 44.9 Å². The van der Waals surface area contributed by atoms with Gasteiger partial charge in [0.1, 0.15) is 0 Å². The summed E-state index contributed by atoms with van der Waals surface area (Å²) in [6, 6.07) is 10.4. The second kappa shape index (κ2) is 6.78. The van der Waals surface area contributed by atoms with E-state index in [1.54, 1.807) is 36.4 Å². The Morgan fingerprint density at radius 2 is 1.79 bits per heavy atom. The fraction of sp³-hybridized carbons (Fsp3) is 0.235. The molecule has 8 nitrogen and oxygen atoms in total. The molecule has 2 aliphatic rings. The minimum Gasteiger partial charge on any atom is -0.369 e. The maximum Gasteiger partial charge on any atom is 0.235 e. The molecule has 0 spiro atoms. The maximum absolute atomic E-state index is 12.1. The Labute approximate surface area is 172 Å². The molecular formula is C17H18Cl2N6O2S. The number of nitrogens with two attached hydrogens (primary N) is 2. The van der Waals surface area contributed by atoms with Crippen LogP contribution in [0.3, 0.4) is 0 Å². The molecule has 11 heteroatoms. The number of hydrogen-bond donors (Lipinski definition) is 4. The van der Waals surface area contributed by atoms with Gasteiger partial charge < -0.3 is 5.73 Å². The van der Waals surface area contributed by atoms with E-state index in [2.05, 4.69) is 15.8 Å². The van der Waals surface area contributed by atoms with Crippen LogP contribution in [-0.2, 0) is 15.8 Å². The number of guanidine groups is 1. The van der Waals surface area contributed by atoms with Crippen LogP contribution < -0.4 is 26.6 Å². The van der Waals surface area contributed by atoms with Crippen LogP contribution in [0.4, 0.5) is 5.69 Å². The van der Waals surface area contributed by atoms with Crippen LogP contribution in [0.5, 0.6) is 0 Å². The first kappa shape index (κ1) is 19.3. The minimum atomic E-state index is -3.23. The number of nitrogens with one attached hydrogen (secondary N) is 2. The molecular weight excluding hydrogens is 423 g/mol. The highest BCUT2D eigenvalue weighted by Gasteiger charge is 2.33. The average Bonchev–Trinajstić information content (AvgIpc) is 3.17. The molecule has 0 bridgehead atoms. The Balaban J connectivity index is 1.68. The second-order valence-electron chi connectivity index (χ2n) is 6.62. The van der Waals surface area contributed by atoms with Gasteiger partial charge in [0, 0.05) is 17.7 Å². The van der Waals surface area contributed by atoms with Crippen molar-refractivity contribution < 1.29 is 8.42 Å². The van der Waals surface area contributed by atoms with Crippen LogP contribution in [0, 0.1) is 0 Å². The van der Waals surface area contributed by atoms with E-state index in [1.807, 2.05) is 0 Å². The number of benzene rings is 2. The van der Waals surface area contributed by atoms with Gasteiger partial charge in [0.15, 0.2) is 0 Å². The number of sulfonamides is 1. The molecule has 1 atom stereocenters. The van der Waals surface area contributed by atoms with Gasteiger partial charge in [0.05, 0.1) is 21.5 Å². The number of hydrogen-bond acceptors (Lipinski definition) is 7. The number of hydrazine groups is 1. The van der Waals surface area contributed by atoms with Crippen molar-refractivity contribution in [3.8, 4) is 11.1 Å². The van der Waals surface area contributed by atoms with Gasteiger partial charge in [-0.15, -0.1) is 0 Å². The molecule has 2 aromatic carbocycles. The Hall–Kier alpha value is -2.04. The zero-order valence-corrected chi connectivity index (χ0v) is 16.9. The molecule has 0 amide bonds. The second-order valence-corrected chi connectivity index (χ2v) is 9.44. The number of anilines is 1. The highest BCUT2D eigenvalue weighted by Crippen LogP contribution is 2.39. The zero-order chi connectivity index (χ0) is 20.1. The van der Waals surface area contributed by atoms with Crippen LogP contribution in [0.25, 0.3) is 11.1 Å². The first-order valence-electron chi connectivity index (χ1n) is 8.47. The van der Waals surface area contributed by atoms with E-state index < -0.39 is 15.8 Å². The van der Waals surface area contributed by atoms with Crippen molar-refractivity contribution in [1.29, 1.82) is 0 Å². The van der Waals surface area contributed by atoms with Crippen LogP contribution in [0.1, 0.15) is 12.0 Å². The summed E-state index contributed by atoms with van der Waals surface area (Å²) in [5, 5.41) is 0.771. The van der Waals surface area contributed by atoms with Gasteiger partial charge in [0.25, 0.3) is 0 Å². The lowest BCUT2D eigenvalue weighted by Gasteiger charge is -2.22. The van der Waals surface area contributed by atoms with Crippen molar-refractivity contribution in [2.75, 3.05) is 16.6 Å². The molecule has 0 aromatic heterocycles. The number of aliphatic imine (C=N–C) groups is 1. The molecule has 148 valence electrons. The molecule has 2 heterocycles. The Morgan fingerprint density at radius 1 is 1.14 bits per heavy atom. The van der Waals surface area contributed by atoms with Crippen LogP contribution in [-0.4, -0.2) is 26.7 Å². The van der Waals surface area contributed by atoms with Crippen molar-refractivity contribution in [3.05, 3.63) is 52.0 Å². The first-order chi connectivity index (χ1) is 13.2. The highest BCUT2D eigenvalue weighted by atomic mass is 35.5. The van der Waals surface area contributed by atoms with Gasteiger partial charge >= 0.3 is 0 Å². The predicted molar refractivity (Wildman–Crippen MR) is 111 cm³/mol. The van der Waals surface area contributed by atoms with E-state index in [9.17, 15) is 8.42 Å². The van der Waals surface area contributed by atoms with Gasteiger partial charge in [0.2, 0.25) is 21.8 Å². The van der Waals surface area contributed by atoms with Crippen LogP contribution in [0.15, 0.2) is 41.4 Å². The largest absolute Gasteiger partial charge is 0.369 e. The third-order valence-corrected chi connectivity index (χ3v) is 7.17. The molecule has 0 saturated carbocycles. The Morgan fingerprint density at radius 3 is 2.29 bits per heavy atom. The summed E-state index contributed by atoms with van der Waals surface area (Å²) in [6.45, 7) is 0.487. The summed E-state index contributed by atoms with van der Waals surface area (Å²) in [5.41, 5.74) is 19.8. The van der Waals surface area contributed by atoms with Gasteiger partial charge in [-0.3, -0.25) is 15.5 Å². The molecule has 1 unspecified atom stereocenters. The fourth-order valence-electron chi connectivity index (χ4n) is 3.33. The summed E-state index contributed by atoms with van der Waals surface area (Å²) < 4.78 is 25.6. The number of halogens is 2. The SMILES string of the molecule is NC1=NC(N)(c2cc(Cl)c(-c3ccc(N4CCCS4(=O)=O)cc3)c(Cl)c2)NN1. The summed E-state index contributed by atoms with van der Waals surface area (Å²) in [7, 11) is -3.23. The molecule has 1 saturated heterocycles. The topological polar surface area (TPSA) is 126 Å². The van der Waals surface area contributed by atoms with Crippen LogP contribution in [0.2, 0.25) is 10.0 Å². The van der Waals surface area contributed by atoms with Crippen LogP contribution >= 0.6 is 23.2 Å². The third-order valence-electron chi connectivity index (χ3n) is 4.70. The smallest absolute Gasteiger partial charge is 0.235 e. The maximum atomic E-state index is 12.1. The van der Waals surface area contributed by atoms with Gasteiger partial charge in [-0.05, 0) is 36.2 Å². The zero-order valence-electron chi connectivity index (χ0n) is 14.6. The van der Waals surface area contributed by atoms with E-state index in [4.69, 9.17) is 34.7 Å². The molecule has 0 aliphatic carbocycles. The van der Waals surface area contributed by atoms with E-state index in [1.165, 1.54) is 4.31 Å². The molecule has 2 aromatic rings. The summed E-state index contributed by atoms with van der Waals surface area (Å²) in [6.07, 6.45) is 0.625. The van der Waals surface area contributed by atoms with Gasteiger partial charge in [-0.1, -0.05) is 35.3 Å². The van der Waals surface area contributed by atoms with E-state index in [0.29, 0.717) is 39.8 Å². The van der Waals surface area contributed by atoms with Crippen molar-refractivity contribution in [3.63, 3.8) is 0 Å². The quantitative estimate of drug-likeness (QED) is 0.575. The molecule has 6 N–H and O–H groups in total. The number of rotatable bonds is 3. The Bertz CT molecular complexity index is 1050. The first-order valence-corrected chi connectivity index (χ1v) is 10.8. The standard InChI is InChI=1S/C17H18Cl2N6O2S/c18-13-8-11(17(21)22-16(20)23-24-17)9-14(19)15(13)10-2-4-12(5-3-10)25-6-1-7-28(25,26)27/h2-5,8-9,24H,1,6-7,21H2,(H3,20,22,23). The summed E-state index contributed by atoms with van der Waals surface area (Å²) in [5.74, 6) is -0.944. The van der Waals surface area contributed by atoms with Gasteiger partial charge in [-0.25, -0.2) is 13.4 Å². The lowest BCUT2D eigenvalue weighted by molar-refractivity contribution is 0.375. The van der Waals surface area contributed by atoms with E-state index >= 15 is 0 Å². The number of nitrogens with zero attached hydrogens (tertiary/aromatic N) is 2. The molecule has 28 heavy (non-hydrogen) atoms. The molecule has 4 rings (SSSR count). The van der Waals surface area contributed by atoms with E-state index in [0.717, 1.165) is 5.56 Å². The molecule has 0 radical (unpaired) electrons. The lowest BCUT2D eigenvalue weighted by Crippen LogP contribution is -2.50. The van der Waals surface area contributed by atoms with Crippen molar-refractivity contribution in [2.24, 2.45) is 16.5 Å².